The molecule has 0 unspecified atom stereocenters. The number of pyridine rings is 1. The first-order valence-electron chi connectivity index (χ1n) is 9.31. The first-order chi connectivity index (χ1) is 14.9. The Balaban J connectivity index is 1.88. The lowest BCUT2D eigenvalue weighted by molar-refractivity contribution is 0.0697. The summed E-state index contributed by atoms with van der Waals surface area (Å²) in [6.07, 6.45) is 1.77. The van der Waals surface area contributed by atoms with Crippen LogP contribution in [0.2, 0.25) is 0 Å². The monoisotopic (exact) mass is 408 g/mol. The quantitative estimate of drug-likeness (QED) is 0.565. The second kappa shape index (κ2) is 7.33. The van der Waals surface area contributed by atoms with Gasteiger partial charge in [0.1, 0.15) is 23.4 Å². The number of carboxylic acid groups (broad SMARTS) is 1. The van der Waals surface area contributed by atoms with E-state index in [-0.39, 0.29) is 17.1 Å². The normalized spacial score (nSPS) is 13.7. The molecule has 150 valence electrons. The van der Waals surface area contributed by atoms with Crippen molar-refractivity contribution in [3.05, 3.63) is 81.5 Å². The number of benzene rings is 1. The lowest BCUT2D eigenvalue weighted by Crippen LogP contribution is -1.99. The van der Waals surface area contributed by atoms with E-state index >= 15 is 0 Å². The largest absolute Gasteiger partial charge is 0.478 e. The van der Waals surface area contributed by atoms with E-state index in [4.69, 9.17) is 16.7 Å². The molecule has 0 saturated heterocycles. The van der Waals surface area contributed by atoms with Crippen LogP contribution < -0.4 is 5.73 Å². The minimum Gasteiger partial charge on any atom is -0.478 e. The topological polar surface area (TPSA) is 118 Å². The summed E-state index contributed by atoms with van der Waals surface area (Å²) in [5.74, 6) is -0.0480. The third-order valence-corrected chi connectivity index (χ3v) is 5.29. The van der Waals surface area contributed by atoms with Gasteiger partial charge >= 0.3 is 5.97 Å². The number of carboxylic acids is 1. The molecule has 4 rings (SSSR count). The molecule has 3 N–H and O–H groups in total. The summed E-state index contributed by atoms with van der Waals surface area (Å²) in [5, 5.41) is 19.1. The molecule has 3 aromatic rings. The molecule has 1 aliphatic rings. The number of nitrogens with two attached hydrogens (primary N) is 1. The second-order valence-electron chi connectivity index (χ2n) is 7.03. The maximum absolute atomic E-state index is 11.5. The Morgan fingerprint density at radius 2 is 2.03 bits per heavy atom. The Labute approximate surface area is 178 Å². The smallest absolute Gasteiger partial charge is 0.336 e. The maximum Gasteiger partial charge on any atom is 0.336 e. The minimum absolute atomic E-state index is 0.0959. The Bertz CT molecular complexity index is 1410. The van der Waals surface area contributed by atoms with Crippen molar-refractivity contribution in [3.8, 4) is 17.4 Å². The van der Waals surface area contributed by atoms with Crippen LogP contribution in [0.15, 0.2) is 46.4 Å². The summed E-state index contributed by atoms with van der Waals surface area (Å²) in [7, 11) is 0. The van der Waals surface area contributed by atoms with E-state index in [2.05, 4.69) is 15.9 Å². The van der Waals surface area contributed by atoms with Crippen LogP contribution in [0.25, 0.3) is 33.4 Å². The van der Waals surface area contributed by atoms with E-state index in [0.717, 1.165) is 0 Å². The maximum atomic E-state index is 11.5. The molecular formula is C24H16N4O3. The highest BCUT2D eigenvalue weighted by molar-refractivity contribution is 6.09. The van der Waals surface area contributed by atoms with Crippen LogP contribution in [0.4, 0.5) is 11.5 Å². The highest BCUT2D eigenvalue weighted by Gasteiger charge is 2.29. The fraction of sp³-hybridized carbons (Fsp3) is 0.0833. The van der Waals surface area contributed by atoms with Crippen molar-refractivity contribution in [2.45, 2.75) is 13.8 Å². The number of hydrogen-bond donors (Lipinski definition) is 2. The van der Waals surface area contributed by atoms with Gasteiger partial charge in [-0.05, 0) is 54.8 Å². The Morgan fingerprint density at radius 1 is 1.29 bits per heavy atom. The van der Waals surface area contributed by atoms with E-state index in [1.165, 1.54) is 6.07 Å². The van der Waals surface area contributed by atoms with E-state index in [1.807, 2.05) is 6.92 Å². The zero-order valence-electron chi connectivity index (χ0n) is 16.7. The lowest BCUT2D eigenvalue weighted by Gasteiger charge is -2.10. The van der Waals surface area contributed by atoms with E-state index < -0.39 is 5.97 Å². The number of furan rings is 1. The molecule has 0 spiro atoms. The summed E-state index contributed by atoms with van der Waals surface area (Å²) >= 11 is 0. The Hall–Kier alpha value is -4.62. The standard InChI is InChI=1S/C24H16N4O3/c1-12-17(20-13(2)21(27-3)23(26)28-22(20)18(12)11-25)10-14-8-9-19(31-14)15-6-4-5-7-16(15)24(29)30/h4-10H,1-2H3,(H2,26,28)(H,29,30)/b17-10+. The first-order valence-corrected chi connectivity index (χ1v) is 9.31. The molecule has 1 aliphatic carbocycles. The number of carbonyl (C=O) groups is 1. The highest BCUT2D eigenvalue weighted by atomic mass is 16.4. The van der Waals surface area contributed by atoms with Gasteiger partial charge in [0, 0.05) is 11.1 Å². The summed E-state index contributed by atoms with van der Waals surface area (Å²) < 4.78 is 5.92. The fourth-order valence-electron chi connectivity index (χ4n) is 3.79. The van der Waals surface area contributed by atoms with Crippen molar-refractivity contribution in [1.82, 2.24) is 4.98 Å². The number of fused-ring (bicyclic) bond motifs is 1. The molecule has 0 amide bonds. The molecule has 1 aromatic carbocycles. The Kier molecular flexibility index (Phi) is 4.65. The van der Waals surface area contributed by atoms with Gasteiger partial charge < -0.3 is 15.3 Å². The van der Waals surface area contributed by atoms with Crippen molar-refractivity contribution in [3.63, 3.8) is 0 Å². The number of allylic oxidation sites excluding steroid dienone is 3. The minimum atomic E-state index is -1.04. The Morgan fingerprint density at radius 3 is 2.71 bits per heavy atom. The van der Waals surface area contributed by atoms with Crippen LogP contribution in [0, 0.1) is 24.8 Å². The summed E-state index contributed by atoms with van der Waals surface area (Å²) in [5.41, 5.74) is 10.4. The lowest BCUT2D eigenvalue weighted by atomic mass is 9.98. The average Bonchev–Trinajstić information content (AvgIpc) is 3.31. The third kappa shape index (κ3) is 3.06. The van der Waals surface area contributed by atoms with Gasteiger partial charge in [-0.3, -0.25) is 0 Å². The molecule has 31 heavy (non-hydrogen) atoms. The number of nitrogen functional groups attached to an aromatic ring is 1. The molecule has 0 saturated carbocycles. The number of aromatic carboxylic acids is 1. The van der Waals surface area contributed by atoms with Crippen LogP contribution in [-0.2, 0) is 0 Å². The van der Waals surface area contributed by atoms with Crippen molar-refractivity contribution < 1.29 is 14.3 Å². The summed E-state index contributed by atoms with van der Waals surface area (Å²) in [6.45, 7) is 11.0. The SMILES string of the molecule is [C-]#[N+]c1c(N)nc2c(c1C)/C(=C/c1ccc(-c3ccccc3C(=O)O)o1)C(C)=C2C#N. The number of nitriles is 1. The number of nitrogens with zero attached hydrogens (tertiary/aromatic N) is 3. The van der Waals surface area contributed by atoms with Crippen molar-refractivity contribution >= 4 is 34.7 Å². The molecule has 2 heterocycles. The van der Waals surface area contributed by atoms with E-state index in [1.54, 1.807) is 43.3 Å². The fourth-order valence-corrected chi connectivity index (χ4v) is 3.79. The number of rotatable bonds is 3. The van der Waals surface area contributed by atoms with Crippen LogP contribution in [0.5, 0.6) is 0 Å². The first kappa shape index (κ1) is 19.7. The number of aromatic nitrogens is 1. The van der Waals surface area contributed by atoms with Crippen molar-refractivity contribution in [1.29, 1.82) is 5.26 Å². The van der Waals surface area contributed by atoms with Gasteiger partial charge in [0.25, 0.3) is 0 Å². The number of hydrogen-bond acceptors (Lipinski definition) is 5. The van der Waals surface area contributed by atoms with E-state index in [9.17, 15) is 15.2 Å². The van der Waals surface area contributed by atoms with E-state index in [0.29, 0.717) is 50.6 Å². The van der Waals surface area contributed by atoms with Crippen LogP contribution in [0.3, 0.4) is 0 Å². The molecule has 0 atom stereocenters. The molecule has 7 heteroatoms. The van der Waals surface area contributed by atoms with Gasteiger partial charge in [0.15, 0.2) is 0 Å². The predicted molar refractivity (Wildman–Crippen MR) is 117 cm³/mol. The summed E-state index contributed by atoms with van der Waals surface area (Å²) in [6, 6.07) is 12.2. The second-order valence-corrected chi connectivity index (χ2v) is 7.03. The van der Waals surface area contributed by atoms with Gasteiger partial charge in [-0.15, -0.1) is 0 Å². The van der Waals surface area contributed by atoms with Gasteiger partial charge in [0.05, 0.1) is 23.4 Å². The average molecular weight is 408 g/mol. The van der Waals surface area contributed by atoms with Crippen molar-refractivity contribution in [2.75, 3.05) is 5.73 Å². The molecule has 0 bridgehead atoms. The molecule has 0 fully saturated rings. The number of anilines is 1. The predicted octanol–water partition coefficient (Wildman–Crippen LogP) is 5.33. The zero-order chi connectivity index (χ0) is 22.3. The molecular weight excluding hydrogens is 392 g/mol. The summed E-state index contributed by atoms with van der Waals surface area (Å²) in [4.78, 5) is 19.3. The molecule has 0 radical (unpaired) electrons. The van der Waals surface area contributed by atoms with Crippen LogP contribution >= 0.6 is 0 Å². The zero-order valence-corrected chi connectivity index (χ0v) is 16.7. The molecule has 2 aromatic heterocycles. The molecule has 7 nitrogen and oxygen atoms in total. The van der Waals surface area contributed by atoms with Gasteiger partial charge in [-0.25, -0.2) is 14.6 Å². The van der Waals surface area contributed by atoms with Crippen LogP contribution in [-0.4, -0.2) is 16.1 Å². The van der Waals surface area contributed by atoms with Gasteiger partial charge in [-0.2, -0.15) is 5.26 Å². The van der Waals surface area contributed by atoms with Crippen molar-refractivity contribution in [2.24, 2.45) is 0 Å². The molecule has 0 aliphatic heterocycles. The van der Waals surface area contributed by atoms with Gasteiger partial charge in [-0.1, -0.05) is 18.2 Å². The van der Waals surface area contributed by atoms with Gasteiger partial charge in [0.2, 0.25) is 5.69 Å². The van der Waals surface area contributed by atoms with Crippen LogP contribution in [0.1, 0.15) is 39.9 Å². The third-order valence-electron chi connectivity index (χ3n) is 5.29. The highest BCUT2D eigenvalue weighted by Crippen LogP contribution is 2.46.